The van der Waals surface area contributed by atoms with Crippen molar-refractivity contribution in [3.8, 4) is 0 Å². The fourth-order valence-corrected chi connectivity index (χ4v) is 3.27. The van der Waals surface area contributed by atoms with Gasteiger partial charge in [0.1, 0.15) is 17.5 Å². The van der Waals surface area contributed by atoms with Gasteiger partial charge in [-0.2, -0.15) is 0 Å². The van der Waals surface area contributed by atoms with Gasteiger partial charge in [-0.05, 0) is 20.8 Å². The number of hydrogen-bond acceptors (Lipinski definition) is 6. The standard InChI is InChI=1S/C20H22F3N3O4/c1-9(19(27)28)16-14(20-29-7-8-30-20)18(26-11(3)25-16)24-10(2)12-5-4-6-13(15(12)21)17(22)23/h4-6,9-10,17,20H,7-8H2,1-3H3,(H,27,28)(H,24,25,26). The summed E-state index contributed by atoms with van der Waals surface area (Å²) in [4.78, 5) is 20.2. The van der Waals surface area contributed by atoms with Crippen LogP contribution in [-0.4, -0.2) is 34.3 Å². The molecule has 1 aliphatic heterocycles. The average Bonchev–Trinajstić information content (AvgIpc) is 3.20. The maximum atomic E-state index is 14.6. The molecule has 7 nitrogen and oxygen atoms in total. The molecule has 2 unspecified atom stereocenters. The van der Waals surface area contributed by atoms with Crippen LogP contribution in [0.15, 0.2) is 18.2 Å². The number of aliphatic carboxylic acids is 1. The van der Waals surface area contributed by atoms with Gasteiger partial charge in [-0.3, -0.25) is 4.79 Å². The average molecular weight is 425 g/mol. The molecule has 10 heteroatoms. The Balaban J connectivity index is 2.05. The monoisotopic (exact) mass is 425 g/mol. The van der Waals surface area contributed by atoms with Gasteiger partial charge in [-0.25, -0.2) is 23.1 Å². The number of benzene rings is 1. The lowest BCUT2D eigenvalue weighted by Gasteiger charge is -2.24. The summed E-state index contributed by atoms with van der Waals surface area (Å²) in [5.41, 5.74) is -0.164. The van der Waals surface area contributed by atoms with Crippen LogP contribution in [0.1, 0.15) is 66.7 Å². The summed E-state index contributed by atoms with van der Waals surface area (Å²) in [6, 6.07) is 3.02. The first-order valence-corrected chi connectivity index (χ1v) is 9.38. The quantitative estimate of drug-likeness (QED) is 0.684. The van der Waals surface area contributed by atoms with Crippen molar-refractivity contribution in [2.75, 3.05) is 18.5 Å². The Hall–Kier alpha value is -2.72. The lowest BCUT2D eigenvalue weighted by Crippen LogP contribution is -2.20. The zero-order valence-electron chi connectivity index (χ0n) is 16.7. The molecule has 0 aliphatic carbocycles. The number of aromatic nitrogens is 2. The van der Waals surface area contributed by atoms with Gasteiger partial charge in [0, 0.05) is 5.56 Å². The smallest absolute Gasteiger partial charge is 0.312 e. The summed E-state index contributed by atoms with van der Waals surface area (Å²) in [5, 5.41) is 12.5. The molecule has 1 aromatic heterocycles. The number of anilines is 1. The number of hydrogen-bond donors (Lipinski definition) is 2. The Morgan fingerprint density at radius 3 is 2.43 bits per heavy atom. The molecule has 30 heavy (non-hydrogen) atoms. The van der Waals surface area contributed by atoms with Gasteiger partial charge in [-0.15, -0.1) is 0 Å². The SMILES string of the molecule is Cc1nc(NC(C)c2cccc(C(F)F)c2F)c(C2OCCO2)c(C(C)C(=O)O)n1. The number of ether oxygens (including phenoxy) is 2. The van der Waals surface area contributed by atoms with Gasteiger partial charge in [0.15, 0.2) is 6.29 Å². The van der Waals surface area contributed by atoms with Gasteiger partial charge in [0.2, 0.25) is 0 Å². The minimum atomic E-state index is -2.95. The Morgan fingerprint density at radius 2 is 1.83 bits per heavy atom. The Morgan fingerprint density at radius 1 is 1.20 bits per heavy atom. The lowest BCUT2D eigenvalue weighted by molar-refractivity contribution is -0.138. The fourth-order valence-electron chi connectivity index (χ4n) is 3.27. The van der Waals surface area contributed by atoms with Crippen molar-refractivity contribution in [2.24, 2.45) is 0 Å². The maximum Gasteiger partial charge on any atom is 0.312 e. The zero-order chi connectivity index (χ0) is 22.0. The van der Waals surface area contributed by atoms with E-state index < -0.39 is 42.0 Å². The second-order valence-corrected chi connectivity index (χ2v) is 6.97. The molecule has 2 atom stereocenters. The molecule has 0 amide bonds. The van der Waals surface area contributed by atoms with Gasteiger partial charge < -0.3 is 19.9 Å². The molecule has 2 N–H and O–H groups in total. The normalized spacial score (nSPS) is 16.6. The van der Waals surface area contributed by atoms with E-state index in [1.807, 2.05) is 0 Å². The summed E-state index contributed by atoms with van der Waals surface area (Å²) in [6.07, 6.45) is -3.84. The molecular weight excluding hydrogens is 403 g/mol. The zero-order valence-corrected chi connectivity index (χ0v) is 16.7. The molecular formula is C20H22F3N3O4. The van der Waals surface area contributed by atoms with E-state index in [4.69, 9.17) is 9.47 Å². The van der Waals surface area contributed by atoms with Gasteiger partial charge in [0.25, 0.3) is 6.43 Å². The van der Waals surface area contributed by atoms with Crippen LogP contribution in [0, 0.1) is 12.7 Å². The lowest BCUT2D eigenvalue weighted by atomic mass is 10.0. The number of halogens is 3. The van der Waals surface area contributed by atoms with Gasteiger partial charge in [0.05, 0.1) is 42.0 Å². The molecule has 0 spiro atoms. The van der Waals surface area contributed by atoms with Crippen molar-refractivity contribution in [1.29, 1.82) is 0 Å². The molecule has 1 saturated heterocycles. The molecule has 1 aromatic carbocycles. The van der Waals surface area contributed by atoms with E-state index in [1.165, 1.54) is 19.1 Å². The van der Waals surface area contributed by atoms with Crippen LogP contribution in [0.4, 0.5) is 19.0 Å². The van der Waals surface area contributed by atoms with Crippen LogP contribution in [-0.2, 0) is 14.3 Å². The van der Waals surface area contributed by atoms with Gasteiger partial charge in [-0.1, -0.05) is 18.2 Å². The number of alkyl halides is 2. The fraction of sp³-hybridized carbons (Fsp3) is 0.450. The van der Waals surface area contributed by atoms with Crippen LogP contribution < -0.4 is 5.32 Å². The van der Waals surface area contributed by atoms with Crippen LogP contribution in [0.3, 0.4) is 0 Å². The molecule has 2 heterocycles. The molecule has 3 rings (SSSR count). The van der Waals surface area contributed by atoms with E-state index in [0.717, 1.165) is 6.07 Å². The molecule has 1 aliphatic rings. The third-order valence-corrected chi connectivity index (χ3v) is 4.84. The highest BCUT2D eigenvalue weighted by atomic mass is 19.3. The van der Waals surface area contributed by atoms with Crippen molar-refractivity contribution in [2.45, 2.75) is 45.4 Å². The first-order chi connectivity index (χ1) is 14.2. The minimum absolute atomic E-state index is 0.0242. The van der Waals surface area contributed by atoms with E-state index in [2.05, 4.69) is 15.3 Å². The maximum absolute atomic E-state index is 14.6. The molecule has 162 valence electrons. The Labute approximate surface area is 171 Å². The number of carboxylic acids is 1. The van der Waals surface area contributed by atoms with E-state index >= 15 is 0 Å². The van der Waals surface area contributed by atoms with Crippen molar-refractivity contribution in [1.82, 2.24) is 9.97 Å². The second kappa shape index (κ2) is 8.97. The van der Waals surface area contributed by atoms with E-state index in [9.17, 15) is 23.1 Å². The third-order valence-electron chi connectivity index (χ3n) is 4.84. The number of rotatable bonds is 7. The highest BCUT2D eigenvalue weighted by molar-refractivity contribution is 5.76. The van der Waals surface area contributed by atoms with E-state index in [1.54, 1.807) is 13.8 Å². The van der Waals surface area contributed by atoms with Crippen molar-refractivity contribution >= 4 is 11.8 Å². The molecule has 0 bridgehead atoms. The summed E-state index contributed by atoms with van der Waals surface area (Å²) in [6.45, 7) is 5.26. The number of nitrogens with one attached hydrogen (secondary N) is 1. The highest BCUT2D eigenvalue weighted by Gasteiger charge is 2.32. The first kappa shape index (κ1) is 22.0. The van der Waals surface area contributed by atoms with Crippen molar-refractivity contribution in [3.63, 3.8) is 0 Å². The van der Waals surface area contributed by atoms with Crippen LogP contribution in [0.5, 0.6) is 0 Å². The van der Waals surface area contributed by atoms with E-state index in [-0.39, 0.29) is 22.9 Å². The summed E-state index contributed by atoms with van der Waals surface area (Å²) in [7, 11) is 0. The number of aryl methyl sites for hydroxylation is 1. The van der Waals surface area contributed by atoms with E-state index in [0.29, 0.717) is 18.8 Å². The molecule has 1 fully saturated rings. The number of carbonyl (C=O) groups is 1. The van der Waals surface area contributed by atoms with Crippen LogP contribution >= 0.6 is 0 Å². The van der Waals surface area contributed by atoms with Gasteiger partial charge >= 0.3 is 5.97 Å². The Kier molecular flexibility index (Phi) is 6.57. The predicted octanol–water partition coefficient (Wildman–Crippen LogP) is 4.27. The van der Waals surface area contributed by atoms with Crippen LogP contribution in [0.2, 0.25) is 0 Å². The molecule has 0 radical (unpaired) electrons. The molecule has 0 saturated carbocycles. The largest absolute Gasteiger partial charge is 0.481 e. The molecule has 2 aromatic rings. The second-order valence-electron chi connectivity index (χ2n) is 6.97. The first-order valence-electron chi connectivity index (χ1n) is 9.38. The topological polar surface area (TPSA) is 93.6 Å². The summed E-state index contributed by atoms with van der Waals surface area (Å²) in [5.74, 6) is -2.60. The third kappa shape index (κ3) is 4.39. The van der Waals surface area contributed by atoms with Crippen molar-refractivity contribution < 1.29 is 32.5 Å². The highest BCUT2D eigenvalue weighted by Crippen LogP contribution is 2.36. The van der Waals surface area contributed by atoms with Crippen LogP contribution in [0.25, 0.3) is 0 Å². The Bertz CT molecular complexity index is 936. The number of nitrogens with zero attached hydrogens (tertiary/aromatic N) is 2. The summed E-state index contributed by atoms with van der Waals surface area (Å²) >= 11 is 0. The number of carboxylic acid groups (broad SMARTS) is 1. The minimum Gasteiger partial charge on any atom is -0.481 e. The summed E-state index contributed by atoms with van der Waals surface area (Å²) < 4.78 is 51.8. The predicted molar refractivity (Wildman–Crippen MR) is 101 cm³/mol. The van der Waals surface area contributed by atoms with Crippen molar-refractivity contribution in [3.05, 3.63) is 52.2 Å².